The van der Waals surface area contributed by atoms with Crippen LogP contribution in [0.15, 0.2) is 18.2 Å². The van der Waals surface area contributed by atoms with Crippen molar-refractivity contribution in [3.63, 3.8) is 0 Å². The van der Waals surface area contributed by atoms with Crippen molar-refractivity contribution in [1.29, 1.82) is 0 Å². The smallest absolute Gasteiger partial charge is 0.353 e. The Labute approximate surface area is 149 Å². The summed E-state index contributed by atoms with van der Waals surface area (Å²) in [6.45, 7) is 3.66. The molecule has 2 N–H and O–H groups in total. The Kier molecular flexibility index (Phi) is 7.69. The van der Waals surface area contributed by atoms with Crippen molar-refractivity contribution in [2.45, 2.75) is 32.5 Å². The van der Waals surface area contributed by atoms with Crippen molar-refractivity contribution in [1.82, 2.24) is 10.2 Å². The van der Waals surface area contributed by atoms with E-state index in [4.69, 9.17) is 11.6 Å². The van der Waals surface area contributed by atoms with Gasteiger partial charge >= 0.3 is 6.18 Å². The van der Waals surface area contributed by atoms with E-state index in [0.717, 1.165) is 18.6 Å². The maximum Gasteiger partial charge on any atom is 0.417 e. The second kappa shape index (κ2) is 9.05. The predicted molar refractivity (Wildman–Crippen MR) is 90.5 cm³/mol. The highest BCUT2D eigenvalue weighted by Crippen LogP contribution is 2.36. The summed E-state index contributed by atoms with van der Waals surface area (Å²) in [5, 5.41) is 4.69. The van der Waals surface area contributed by atoms with Gasteiger partial charge in [-0.1, -0.05) is 18.5 Å². The zero-order chi connectivity index (χ0) is 19.2. The molecule has 0 aliphatic rings. The lowest BCUT2D eigenvalue weighted by atomic mass is 10.2. The predicted octanol–water partition coefficient (Wildman–Crippen LogP) is 3.14. The first-order valence-corrected chi connectivity index (χ1v) is 8.05. The molecule has 1 aromatic rings. The molecule has 0 bridgehead atoms. The number of hydrogen-bond donors (Lipinski definition) is 2. The van der Waals surface area contributed by atoms with Gasteiger partial charge in [-0.15, -0.1) is 0 Å². The van der Waals surface area contributed by atoms with Crippen molar-refractivity contribution in [2.75, 3.05) is 25.5 Å². The van der Waals surface area contributed by atoms with Gasteiger partial charge in [0.1, 0.15) is 0 Å². The standard InChI is InChI=1S/C16H21ClF3N3O2/c1-4-10(2)21-14(24)8-23(3)9-15(25)22-11-5-6-13(17)12(7-11)16(18,19)20/h5-7,10H,4,8-9H2,1-3H3,(H,21,24)(H,22,25). The molecule has 9 heteroatoms. The molecule has 5 nitrogen and oxygen atoms in total. The molecule has 1 rings (SSSR count). The van der Waals surface area contributed by atoms with Crippen LogP contribution < -0.4 is 10.6 Å². The van der Waals surface area contributed by atoms with E-state index in [-0.39, 0.29) is 30.7 Å². The molecule has 0 saturated heterocycles. The molecule has 0 heterocycles. The maximum atomic E-state index is 12.8. The Morgan fingerprint density at radius 1 is 1.24 bits per heavy atom. The summed E-state index contributed by atoms with van der Waals surface area (Å²) < 4.78 is 38.4. The number of carbonyl (C=O) groups is 2. The summed E-state index contributed by atoms with van der Waals surface area (Å²) in [5.74, 6) is -0.759. The fourth-order valence-electron chi connectivity index (χ4n) is 1.99. The molecular weight excluding hydrogens is 359 g/mol. The van der Waals surface area contributed by atoms with Crippen molar-refractivity contribution >= 4 is 29.1 Å². The van der Waals surface area contributed by atoms with Crippen LogP contribution in [0.5, 0.6) is 0 Å². The van der Waals surface area contributed by atoms with Crippen molar-refractivity contribution < 1.29 is 22.8 Å². The number of benzene rings is 1. The zero-order valence-electron chi connectivity index (χ0n) is 14.2. The van der Waals surface area contributed by atoms with Crippen molar-refractivity contribution in [2.24, 2.45) is 0 Å². The third-order valence-electron chi connectivity index (χ3n) is 3.40. The minimum absolute atomic E-state index is 0.00613. The van der Waals surface area contributed by atoms with Crippen LogP contribution in [0.1, 0.15) is 25.8 Å². The molecule has 0 radical (unpaired) electrons. The van der Waals surface area contributed by atoms with Gasteiger partial charge in [0, 0.05) is 11.7 Å². The van der Waals surface area contributed by atoms with Crippen LogP contribution in [0.4, 0.5) is 18.9 Å². The van der Waals surface area contributed by atoms with E-state index in [0.29, 0.717) is 0 Å². The van der Waals surface area contributed by atoms with Crippen LogP contribution in [0.3, 0.4) is 0 Å². The van der Waals surface area contributed by atoms with Gasteiger partial charge in [0.05, 0.1) is 23.7 Å². The number of carbonyl (C=O) groups excluding carboxylic acids is 2. The SMILES string of the molecule is CCC(C)NC(=O)CN(C)CC(=O)Nc1ccc(Cl)c(C(F)(F)F)c1. The zero-order valence-corrected chi connectivity index (χ0v) is 15.0. The Balaban J connectivity index is 2.61. The lowest BCUT2D eigenvalue weighted by Crippen LogP contribution is -2.41. The van der Waals surface area contributed by atoms with E-state index in [1.54, 1.807) is 7.05 Å². The summed E-state index contributed by atoms with van der Waals surface area (Å²) in [6, 6.07) is 3.16. The van der Waals surface area contributed by atoms with E-state index in [9.17, 15) is 22.8 Å². The summed E-state index contributed by atoms with van der Waals surface area (Å²) in [7, 11) is 1.57. The number of nitrogens with one attached hydrogen (secondary N) is 2. The van der Waals surface area contributed by atoms with Gasteiger partial charge < -0.3 is 10.6 Å². The maximum absolute atomic E-state index is 12.8. The normalized spacial score (nSPS) is 12.8. The minimum Gasteiger partial charge on any atom is -0.353 e. The average molecular weight is 380 g/mol. The van der Waals surface area contributed by atoms with Gasteiger partial charge in [0.25, 0.3) is 0 Å². The number of amides is 2. The summed E-state index contributed by atoms with van der Waals surface area (Å²) in [6.07, 6.45) is -3.82. The highest BCUT2D eigenvalue weighted by Gasteiger charge is 2.33. The van der Waals surface area contributed by atoms with Crippen molar-refractivity contribution in [3.8, 4) is 0 Å². The Hall–Kier alpha value is -1.80. The largest absolute Gasteiger partial charge is 0.417 e. The highest BCUT2D eigenvalue weighted by atomic mass is 35.5. The molecule has 0 aliphatic carbocycles. The molecule has 0 saturated carbocycles. The molecule has 0 spiro atoms. The van der Waals surface area contributed by atoms with Crippen LogP contribution in [0, 0.1) is 0 Å². The molecule has 1 aromatic carbocycles. The molecule has 1 atom stereocenters. The molecular formula is C16H21ClF3N3O2. The van der Waals surface area contributed by atoms with Gasteiger partial charge in [-0.25, -0.2) is 0 Å². The number of halogens is 4. The molecule has 2 amide bonds. The first-order chi connectivity index (χ1) is 11.5. The van der Waals surface area contributed by atoms with Gasteiger partial charge in [0.2, 0.25) is 11.8 Å². The number of anilines is 1. The molecule has 0 aliphatic heterocycles. The molecule has 1 unspecified atom stereocenters. The number of hydrogen-bond acceptors (Lipinski definition) is 3. The third-order valence-corrected chi connectivity index (χ3v) is 3.73. The number of likely N-dealkylation sites (N-methyl/N-ethyl adjacent to an activating group) is 1. The summed E-state index contributed by atoms with van der Waals surface area (Å²) >= 11 is 5.53. The van der Waals surface area contributed by atoms with Crippen LogP contribution >= 0.6 is 11.6 Å². The van der Waals surface area contributed by atoms with Gasteiger partial charge in [-0.2, -0.15) is 13.2 Å². The number of rotatable bonds is 7. The second-order valence-electron chi connectivity index (χ2n) is 5.79. The van der Waals surface area contributed by atoms with Gasteiger partial charge in [-0.3, -0.25) is 14.5 Å². The van der Waals surface area contributed by atoms with Gasteiger partial charge in [-0.05, 0) is 38.6 Å². The minimum atomic E-state index is -4.61. The topological polar surface area (TPSA) is 61.4 Å². The fourth-order valence-corrected chi connectivity index (χ4v) is 2.21. The monoisotopic (exact) mass is 379 g/mol. The summed E-state index contributed by atoms with van der Waals surface area (Å²) in [4.78, 5) is 25.1. The van der Waals surface area contributed by atoms with E-state index < -0.39 is 22.7 Å². The average Bonchev–Trinajstić information content (AvgIpc) is 2.47. The highest BCUT2D eigenvalue weighted by molar-refractivity contribution is 6.31. The molecule has 0 aromatic heterocycles. The third kappa shape index (κ3) is 7.31. The van der Waals surface area contributed by atoms with E-state index in [1.807, 2.05) is 13.8 Å². The summed E-state index contributed by atoms with van der Waals surface area (Å²) in [5.41, 5.74) is -1.03. The fraction of sp³-hybridized carbons (Fsp3) is 0.500. The van der Waals surface area contributed by atoms with Crippen molar-refractivity contribution in [3.05, 3.63) is 28.8 Å². The Bertz CT molecular complexity index is 623. The van der Waals surface area contributed by atoms with E-state index in [1.165, 1.54) is 11.0 Å². The lowest BCUT2D eigenvalue weighted by Gasteiger charge is -2.18. The Morgan fingerprint density at radius 2 is 1.84 bits per heavy atom. The quantitative estimate of drug-likeness (QED) is 0.765. The second-order valence-corrected chi connectivity index (χ2v) is 6.20. The Morgan fingerprint density at radius 3 is 2.40 bits per heavy atom. The molecule has 140 valence electrons. The van der Waals surface area contributed by atoms with Crippen LogP contribution in [-0.4, -0.2) is 42.9 Å². The van der Waals surface area contributed by atoms with E-state index >= 15 is 0 Å². The first-order valence-electron chi connectivity index (χ1n) is 7.67. The van der Waals surface area contributed by atoms with E-state index in [2.05, 4.69) is 10.6 Å². The van der Waals surface area contributed by atoms with Crippen LogP contribution in [0.2, 0.25) is 5.02 Å². The number of nitrogens with zero attached hydrogens (tertiary/aromatic N) is 1. The first kappa shape index (κ1) is 21.2. The number of alkyl halides is 3. The van der Waals surface area contributed by atoms with Crippen LogP contribution in [-0.2, 0) is 15.8 Å². The lowest BCUT2D eigenvalue weighted by molar-refractivity contribution is -0.137. The van der Waals surface area contributed by atoms with Crippen LogP contribution in [0.25, 0.3) is 0 Å². The molecule has 0 fully saturated rings. The van der Waals surface area contributed by atoms with Gasteiger partial charge in [0.15, 0.2) is 0 Å². The molecule has 25 heavy (non-hydrogen) atoms.